The molecular weight excluding hydrogens is 425 g/mol. The highest BCUT2D eigenvalue weighted by molar-refractivity contribution is 5.96. The minimum Gasteiger partial charge on any atom is -0.497 e. The predicted octanol–water partition coefficient (Wildman–Crippen LogP) is 3.30. The number of rotatable bonds is 5. The van der Waals surface area contributed by atoms with E-state index >= 15 is 0 Å². The smallest absolute Gasteiger partial charge is 0.435 e. The van der Waals surface area contributed by atoms with Gasteiger partial charge in [-0.15, -0.1) is 0 Å². The lowest BCUT2D eigenvalue weighted by atomic mass is 10.0. The van der Waals surface area contributed by atoms with Crippen molar-refractivity contribution in [1.29, 1.82) is 0 Å². The van der Waals surface area contributed by atoms with E-state index in [0.717, 1.165) is 37.0 Å². The molecular formula is C22H25F3N4O3. The second-order valence-electron chi connectivity index (χ2n) is 8.02. The third-order valence-electron chi connectivity index (χ3n) is 5.99. The molecule has 2 amide bonds. The standard InChI is InChI=1S/C22H25F3N4O3/c1-32-16-7-5-15(6-8-16)29-19-17(20(26-29)22(23,24)25)9-13-28(21(19)31)14-10-18(30)27-11-3-2-4-12-27/h5-8H,2-4,9-14H2,1H3. The van der Waals surface area contributed by atoms with Gasteiger partial charge < -0.3 is 14.5 Å². The van der Waals surface area contributed by atoms with Crippen molar-refractivity contribution in [2.24, 2.45) is 0 Å². The number of benzene rings is 1. The lowest BCUT2D eigenvalue weighted by Crippen LogP contribution is -2.42. The number of piperidine rings is 1. The summed E-state index contributed by atoms with van der Waals surface area (Å²) in [6, 6.07) is 6.30. The topological polar surface area (TPSA) is 67.7 Å². The van der Waals surface area contributed by atoms with E-state index in [0.29, 0.717) is 11.4 Å². The summed E-state index contributed by atoms with van der Waals surface area (Å²) in [4.78, 5) is 28.9. The quantitative estimate of drug-likeness (QED) is 0.701. The van der Waals surface area contributed by atoms with Crippen LogP contribution in [0.2, 0.25) is 0 Å². The van der Waals surface area contributed by atoms with Gasteiger partial charge in [0, 0.05) is 38.2 Å². The number of hydrogen-bond acceptors (Lipinski definition) is 4. The summed E-state index contributed by atoms with van der Waals surface area (Å²) in [5.41, 5.74) is -0.908. The average Bonchev–Trinajstić information content (AvgIpc) is 3.20. The maximum absolute atomic E-state index is 13.6. The molecule has 32 heavy (non-hydrogen) atoms. The van der Waals surface area contributed by atoms with Crippen molar-refractivity contribution in [3.05, 3.63) is 41.2 Å². The molecule has 172 valence electrons. The number of methoxy groups -OCH3 is 1. The number of halogens is 3. The number of hydrogen-bond donors (Lipinski definition) is 0. The molecule has 4 rings (SSSR count). The van der Waals surface area contributed by atoms with Gasteiger partial charge in [-0.2, -0.15) is 18.3 Å². The van der Waals surface area contributed by atoms with Crippen LogP contribution in [0.3, 0.4) is 0 Å². The SMILES string of the molecule is COc1ccc(-n2nc(C(F)(F)F)c3c2C(=O)N(CCC(=O)N2CCCCC2)CC3)cc1. The van der Waals surface area contributed by atoms with Crippen molar-refractivity contribution in [3.63, 3.8) is 0 Å². The number of carbonyl (C=O) groups excluding carboxylic acids is 2. The highest BCUT2D eigenvalue weighted by Gasteiger charge is 2.43. The lowest BCUT2D eigenvalue weighted by Gasteiger charge is -2.30. The molecule has 0 bridgehead atoms. The van der Waals surface area contributed by atoms with Gasteiger partial charge in [-0.25, -0.2) is 4.68 Å². The molecule has 10 heteroatoms. The molecule has 1 aromatic heterocycles. The van der Waals surface area contributed by atoms with Crippen molar-refractivity contribution < 1.29 is 27.5 Å². The van der Waals surface area contributed by atoms with E-state index in [1.165, 1.54) is 12.0 Å². The molecule has 0 radical (unpaired) electrons. The van der Waals surface area contributed by atoms with Crippen LogP contribution in [0.4, 0.5) is 13.2 Å². The van der Waals surface area contributed by atoms with Crippen LogP contribution in [0.15, 0.2) is 24.3 Å². The Morgan fingerprint density at radius 2 is 1.78 bits per heavy atom. The molecule has 2 aliphatic heterocycles. The second-order valence-corrected chi connectivity index (χ2v) is 8.02. The summed E-state index contributed by atoms with van der Waals surface area (Å²) in [5.74, 6) is -0.0329. The van der Waals surface area contributed by atoms with Crippen LogP contribution < -0.4 is 4.74 Å². The van der Waals surface area contributed by atoms with Gasteiger partial charge in [0.15, 0.2) is 5.69 Å². The molecule has 0 saturated carbocycles. The molecule has 0 spiro atoms. The number of ether oxygens (including phenoxy) is 1. The van der Waals surface area contributed by atoms with Crippen LogP contribution in [-0.4, -0.2) is 64.7 Å². The second kappa shape index (κ2) is 8.84. The highest BCUT2D eigenvalue weighted by atomic mass is 19.4. The van der Waals surface area contributed by atoms with Gasteiger partial charge in [0.1, 0.15) is 11.4 Å². The molecule has 2 aromatic rings. The number of carbonyl (C=O) groups is 2. The Bertz CT molecular complexity index is 995. The fourth-order valence-corrected chi connectivity index (χ4v) is 4.29. The normalized spacial score (nSPS) is 16.8. The van der Waals surface area contributed by atoms with E-state index in [2.05, 4.69) is 5.10 Å². The van der Waals surface area contributed by atoms with Crippen LogP contribution in [0.5, 0.6) is 5.75 Å². The maximum atomic E-state index is 13.6. The molecule has 1 saturated heterocycles. The predicted molar refractivity (Wildman–Crippen MR) is 110 cm³/mol. The molecule has 3 heterocycles. The van der Waals surface area contributed by atoms with Crippen molar-refractivity contribution in [2.75, 3.05) is 33.3 Å². The Balaban J connectivity index is 1.60. The zero-order chi connectivity index (χ0) is 22.9. The average molecular weight is 450 g/mol. The number of amides is 2. The Kier molecular flexibility index (Phi) is 6.12. The fraction of sp³-hybridized carbons (Fsp3) is 0.500. The van der Waals surface area contributed by atoms with Gasteiger partial charge in [-0.05, 0) is 49.9 Å². The summed E-state index contributed by atoms with van der Waals surface area (Å²) in [6.07, 6.45) is -1.44. The van der Waals surface area contributed by atoms with Crippen LogP contribution in [0.25, 0.3) is 5.69 Å². The van der Waals surface area contributed by atoms with E-state index in [1.54, 1.807) is 29.2 Å². The molecule has 0 atom stereocenters. The first-order valence-electron chi connectivity index (χ1n) is 10.7. The monoisotopic (exact) mass is 450 g/mol. The molecule has 7 nitrogen and oxygen atoms in total. The third kappa shape index (κ3) is 4.31. The van der Waals surface area contributed by atoms with Crippen LogP contribution in [0.1, 0.15) is 47.4 Å². The van der Waals surface area contributed by atoms with Gasteiger partial charge >= 0.3 is 6.18 Å². The van der Waals surface area contributed by atoms with E-state index in [9.17, 15) is 22.8 Å². The van der Waals surface area contributed by atoms with Crippen molar-refractivity contribution in [2.45, 2.75) is 38.3 Å². The van der Waals surface area contributed by atoms with Gasteiger partial charge in [-0.3, -0.25) is 9.59 Å². The lowest BCUT2D eigenvalue weighted by molar-refractivity contribution is -0.142. The van der Waals surface area contributed by atoms with Crippen LogP contribution in [0, 0.1) is 0 Å². The summed E-state index contributed by atoms with van der Waals surface area (Å²) < 4.78 is 47.1. The number of fused-ring (bicyclic) bond motifs is 1. The molecule has 2 aliphatic rings. The third-order valence-corrected chi connectivity index (χ3v) is 5.99. The molecule has 0 unspecified atom stereocenters. The van der Waals surface area contributed by atoms with Gasteiger partial charge in [0.25, 0.3) is 5.91 Å². The van der Waals surface area contributed by atoms with Gasteiger partial charge in [0.05, 0.1) is 12.8 Å². The largest absolute Gasteiger partial charge is 0.497 e. The van der Waals surface area contributed by atoms with E-state index < -0.39 is 17.8 Å². The number of alkyl halides is 3. The fourth-order valence-electron chi connectivity index (χ4n) is 4.29. The molecule has 1 fully saturated rings. The first-order valence-corrected chi connectivity index (χ1v) is 10.7. The van der Waals surface area contributed by atoms with Crippen molar-refractivity contribution >= 4 is 11.8 Å². The molecule has 0 aliphatic carbocycles. The molecule has 1 aromatic carbocycles. The Hall–Kier alpha value is -3.04. The van der Waals surface area contributed by atoms with Crippen LogP contribution in [-0.2, 0) is 17.4 Å². The van der Waals surface area contributed by atoms with Gasteiger partial charge in [-0.1, -0.05) is 0 Å². The van der Waals surface area contributed by atoms with Crippen molar-refractivity contribution in [3.8, 4) is 11.4 Å². The summed E-state index contributed by atoms with van der Waals surface area (Å²) in [7, 11) is 1.49. The summed E-state index contributed by atoms with van der Waals surface area (Å²) in [6.45, 7) is 1.73. The zero-order valence-electron chi connectivity index (χ0n) is 17.8. The Morgan fingerprint density at radius 3 is 2.41 bits per heavy atom. The molecule has 0 N–H and O–H groups in total. The minimum atomic E-state index is -4.67. The Labute approximate surface area is 183 Å². The summed E-state index contributed by atoms with van der Waals surface area (Å²) >= 11 is 0. The maximum Gasteiger partial charge on any atom is 0.435 e. The number of likely N-dealkylation sites (tertiary alicyclic amines) is 1. The van der Waals surface area contributed by atoms with Gasteiger partial charge in [0.2, 0.25) is 5.91 Å². The van der Waals surface area contributed by atoms with E-state index in [1.807, 2.05) is 0 Å². The van der Waals surface area contributed by atoms with E-state index in [-0.39, 0.29) is 43.1 Å². The Morgan fingerprint density at radius 1 is 1.09 bits per heavy atom. The first-order chi connectivity index (χ1) is 15.3. The zero-order valence-corrected chi connectivity index (χ0v) is 17.8. The van der Waals surface area contributed by atoms with Crippen molar-refractivity contribution in [1.82, 2.24) is 19.6 Å². The summed E-state index contributed by atoms with van der Waals surface area (Å²) in [5, 5.41) is 3.77. The van der Waals surface area contributed by atoms with Crippen LogP contribution >= 0.6 is 0 Å². The number of nitrogens with zero attached hydrogens (tertiary/aromatic N) is 4. The first kappa shape index (κ1) is 22.2. The minimum absolute atomic E-state index is 0.0251. The number of aromatic nitrogens is 2. The van der Waals surface area contributed by atoms with E-state index in [4.69, 9.17) is 4.74 Å². The highest BCUT2D eigenvalue weighted by Crippen LogP contribution is 2.36.